The number of hydrogen-bond donors (Lipinski definition) is 0. The largest absolute Gasteiger partial charge is 0.381 e. The molecule has 0 aromatic carbocycles. The van der Waals surface area contributed by atoms with Crippen molar-refractivity contribution in [3.05, 3.63) is 0 Å². The second-order valence-corrected chi connectivity index (χ2v) is 4.76. The molecule has 0 rings (SSSR count). The molecule has 2 atom stereocenters. The van der Waals surface area contributed by atoms with Crippen LogP contribution in [-0.4, -0.2) is 32.2 Å². The van der Waals surface area contributed by atoms with Crippen LogP contribution in [0, 0.1) is 11.8 Å². The molecular weight excluding hydrogens is 192 g/mol. The summed E-state index contributed by atoms with van der Waals surface area (Å²) in [4.78, 5) is 10.5. The summed E-state index contributed by atoms with van der Waals surface area (Å²) in [5.74, 6) is 0.355. The van der Waals surface area contributed by atoms with Crippen LogP contribution in [0.4, 0.5) is 0 Å². The number of aldehydes is 1. The van der Waals surface area contributed by atoms with Crippen molar-refractivity contribution in [3.63, 3.8) is 0 Å². The lowest BCUT2D eigenvalue weighted by Crippen LogP contribution is -2.25. The summed E-state index contributed by atoms with van der Waals surface area (Å²) in [7, 11) is 1.71. The number of ether oxygens (including phenoxy) is 2. The molecule has 0 radical (unpaired) electrons. The maximum absolute atomic E-state index is 10.5. The van der Waals surface area contributed by atoms with Crippen molar-refractivity contribution in [2.75, 3.05) is 20.3 Å². The Bertz CT molecular complexity index is 178. The van der Waals surface area contributed by atoms with Gasteiger partial charge in [-0.3, -0.25) is 0 Å². The maximum atomic E-state index is 10.5. The van der Waals surface area contributed by atoms with Crippen molar-refractivity contribution in [2.24, 2.45) is 11.8 Å². The summed E-state index contributed by atoms with van der Waals surface area (Å²) in [5, 5.41) is 0. The minimum absolute atomic E-state index is 0.0698. The molecule has 15 heavy (non-hydrogen) atoms. The standard InChI is InChI=1S/C12H24O3/c1-10(8-13)11(2)9-15-7-6-12(3,4)14-5/h8,10-11H,6-7,9H2,1-5H3. The molecule has 90 valence electrons. The zero-order valence-corrected chi connectivity index (χ0v) is 10.6. The highest BCUT2D eigenvalue weighted by atomic mass is 16.5. The summed E-state index contributed by atoms with van der Waals surface area (Å²) in [6, 6.07) is 0. The average Bonchev–Trinajstić information content (AvgIpc) is 2.22. The van der Waals surface area contributed by atoms with Crippen molar-refractivity contribution in [1.29, 1.82) is 0 Å². The van der Waals surface area contributed by atoms with E-state index in [9.17, 15) is 4.79 Å². The molecule has 0 aromatic rings. The van der Waals surface area contributed by atoms with E-state index in [1.165, 1.54) is 0 Å². The Kier molecular flexibility index (Phi) is 6.77. The van der Waals surface area contributed by atoms with Crippen LogP contribution in [0.15, 0.2) is 0 Å². The second kappa shape index (κ2) is 6.96. The zero-order valence-electron chi connectivity index (χ0n) is 10.6. The van der Waals surface area contributed by atoms with Gasteiger partial charge in [-0.2, -0.15) is 0 Å². The van der Waals surface area contributed by atoms with Gasteiger partial charge in [0.1, 0.15) is 6.29 Å². The van der Waals surface area contributed by atoms with Gasteiger partial charge in [-0.25, -0.2) is 0 Å². The van der Waals surface area contributed by atoms with Crippen LogP contribution in [0.25, 0.3) is 0 Å². The van der Waals surface area contributed by atoms with Gasteiger partial charge in [0.15, 0.2) is 0 Å². The topological polar surface area (TPSA) is 35.5 Å². The Morgan fingerprint density at radius 3 is 2.40 bits per heavy atom. The summed E-state index contributed by atoms with van der Waals surface area (Å²) < 4.78 is 10.8. The second-order valence-electron chi connectivity index (χ2n) is 4.76. The van der Waals surface area contributed by atoms with E-state index in [1.54, 1.807) is 7.11 Å². The Balaban J connectivity index is 3.58. The van der Waals surface area contributed by atoms with Gasteiger partial charge in [0.05, 0.1) is 5.60 Å². The third kappa shape index (κ3) is 6.63. The molecule has 3 nitrogen and oxygen atoms in total. The van der Waals surface area contributed by atoms with Crippen molar-refractivity contribution in [2.45, 2.75) is 39.7 Å². The van der Waals surface area contributed by atoms with E-state index in [-0.39, 0.29) is 17.4 Å². The van der Waals surface area contributed by atoms with Crippen LogP contribution >= 0.6 is 0 Å². The average molecular weight is 216 g/mol. The molecule has 0 fully saturated rings. The van der Waals surface area contributed by atoms with E-state index in [0.29, 0.717) is 13.2 Å². The Morgan fingerprint density at radius 1 is 1.33 bits per heavy atom. The molecular formula is C12H24O3. The number of carbonyl (C=O) groups is 1. The monoisotopic (exact) mass is 216 g/mol. The summed E-state index contributed by atoms with van der Waals surface area (Å²) in [6.07, 6.45) is 1.85. The Hall–Kier alpha value is -0.410. The number of hydrogen-bond acceptors (Lipinski definition) is 3. The van der Waals surface area contributed by atoms with Gasteiger partial charge in [0, 0.05) is 26.2 Å². The van der Waals surface area contributed by atoms with Crippen molar-refractivity contribution in [1.82, 2.24) is 0 Å². The zero-order chi connectivity index (χ0) is 11.9. The van der Waals surface area contributed by atoms with E-state index < -0.39 is 0 Å². The molecule has 0 aliphatic carbocycles. The molecule has 0 bridgehead atoms. The van der Waals surface area contributed by atoms with E-state index in [1.807, 2.05) is 27.7 Å². The smallest absolute Gasteiger partial charge is 0.123 e. The molecule has 0 saturated heterocycles. The Labute approximate surface area is 93.1 Å². The quantitative estimate of drug-likeness (QED) is 0.461. The van der Waals surface area contributed by atoms with Crippen LogP contribution < -0.4 is 0 Å². The lowest BCUT2D eigenvalue weighted by atomic mass is 9.99. The van der Waals surface area contributed by atoms with E-state index in [2.05, 4.69) is 0 Å². The summed E-state index contributed by atoms with van der Waals surface area (Å²) in [6.45, 7) is 9.33. The summed E-state index contributed by atoms with van der Waals surface area (Å²) in [5.41, 5.74) is -0.125. The van der Waals surface area contributed by atoms with Crippen LogP contribution in [-0.2, 0) is 14.3 Å². The van der Waals surface area contributed by atoms with Gasteiger partial charge >= 0.3 is 0 Å². The third-order valence-corrected chi connectivity index (χ3v) is 2.89. The molecule has 0 aromatic heterocycles. The first kappa shape index (κ1) is 14.6. The van der Waals surface area contributed by atoms with Crippen molar-refractivity contribution < 1.29 is 14.3 Å². The number of rotatable bonds is 8. The van der Waals surface area contributed by atoms with Gasteiger partial charge < -0.3 is 14.3 Å². The van der Waals surface area contributed by atoms with Crippen LogP contribution in [0.5, 0.6) is 0 Å². The third-order valence-electron chi connectivity index (χ3n) is 2.89. The van der Waals surface area contributed by atoms with Gasteiger partial charge in [0.2, 0.25) is 0 Å². The molecule has 0 spiro atoms. The fraction of sp³-hybridized carbons (Fsp3) is 0.917. The maximum Gasteiger partial charge on any atom is 0.123 e. The molecule has 2 unspecified atom stereocenters. The normalized spacial score (nSPS) is 16.1. The fourth-order valence-electron chi connectivity index (χ4n) is 0.975. The van der Waals surface area contributed by atoms with Crippen molar-refractivity contribution in [3.8, 4) is 0 Å². The predicted molar refractivity (Wildman–Crippen MR) is 60.9 cm³/mol. The highest BCUT2D eigenvalue weighted by molar-refractivity contribution is 5.53. The molecule has 0 aliphatic heterocycles. The minimum atomic E-state index is -0.125. The van der Waals surface area contributed by atoms with Gasteiger partial charge in [-0.15, -0.1) is 0 Å². The Morgan fingerprint density at radius 2 is 1.93 bits per heavy atom. The van der Waals surface area contributed by atoms with Gasteiger partial charge in [0.25, 0.3) is 0 Å². The van der Waals surface area contributed by atoms with Crippen LogP contribution in [0.1, 0.15) is 34.1 Å². The molecule has 0 saturated carbocycles. The molecule has 0 heterocycles. The lowest BCUT2D eigenvalue weighted by Gasteiger charge is -2.23. The SMILES string of the molecule is COC(C)(C)CCOCC(C)C(C)C=O. The van der Waals surface area contributed by atoms with Gasteiger partial charge in [-0.05, 0) is 26.2 Å². The first-order chi connectivity index (χ1) is 6.93. The molecule has 0 amide bonds. The minimum Gasteiger partial charge on any atom is -0.381 e. The molecule has 0 aliphatic rings. The molecule has 0 N–H and O–H groups in total. The lowest BCUT2D eigenvalue weighted by molar-refractivity contribution is -0.112. The highest BCUT2D eigenvalue weighted by Crippen LogP contribution is 2.14. The van der Waals surface area contributed by atoms with E-state index >= 15 is 0 Å². The number of methoxy groups -OCH3 is 1. The van der Waals surface area contributed by atoms with Crippen LogP contribution in [0.2, 0.25) is 0 Å². The van der Waals surface area contributed by atoms with Crippen molar-refractivity contribution >= 4 is 6.29 Å². The summed E-state index contributed by atoms with van der Waals surface area (Å²) >= 11 is 0. The van der Waals surface area contributed by atoms with E-state index in [4.69, 9.17) is 9.47 Å². The molecule has 3 heteroatoms. The van der Waals surface area contributed by atoms with E-state index in [0.717, 1.165) is 12.7 Å². The van der Waals surface area contributed by atoms with Gasteiger partial charge in [-0.1, -0.05) is 13.8 Å². The fourth-order valence-corrected chi connectivity index (χ4v) is 0.975. The first-order valence-electron chi connectivity index (χ1n) is 5.51. The van der Waals surface area contributed by atoms with Crippen LogP contribution in [0.3, 0.4) is 0 Å². The predicted octanol–water partition coefficient (Wildman–Crippen LogP) is 2.29. The first-order valence-corrected chi connectivity index (χ1v) is 5.51. The highest BCUT2D eigenvalue weighted by Gasteiger charge is 2.16. The number of carbonyl (C=O) groups excluding carboxylic acids is 1.